The predicted molar refractivity (Wildman–Crippen MR) is 162 cm³/mol. The molecule has 3 amide bonds. The molecule has 0 saturated heterocycles. The lowest BCUT2D eigenvalue weighted by molar-refractivity contribution is -0.143. The van der Waals surface area contributed by atoms with Crippen LogP contribution in [0.1, 0.15) is 81.3 Å². The van der Waals surface area contributed by atoms with Gasteiger partial charge in [-0.1, -0.05) is 37.1 Å². The number of hydrogen-bond donors (Lipinski definition) is 2. The average Bonchev–Trinajstić information content (AvgIpc) is 3.01. The molecule has 0 aliphatic carbocycles. The van der Waals surface area contributed by atoms with Gasteiger partial charge in [-0.25, -0.2) is 4.79 Å². The highest BCUT2D eigenvalue weighted by atomic mass is 16.6. The van der Waals surface area contributed by atoms with E-state index in [0.717, 1.165) is 43.2 Å². The van der Waals surface area contributed by atoms with Crippen molar-refractivity contribution in [3.63, 3.8) is 0 Å². The van der Waals surface area contributed by atoms with Crippen molar-refractivity contribution in [3.8, 4) is 0 Å². The monoisotopic (exact) mass is 580 g/mol. The molecule has 42 heavy (non-hydrogen) atoms. The Morgan fingerprint density at radius 3 is 2.48 bits per heavy atom. The van der Waals surface area contributed by atoms with Crippen LogP contribution in [0.25, 0.3) is 0 Å². The van der Waals surface area contributed by atoms with Crippen LogP contribution in [-0.2, 0) is 32.0 Å². The number of unbranched alkanes of at least 4 members (excludes halogenated alkanes) is 3. The van der Waals surface area contributed by atoms with Gasteiger partial charge in [0.2, 0.25) is 5.91 Å². The summed E-state index contributed by atoms with van der Waals surface area (Å²) in [5, 5.41) is 2.78. The maximum absolute atomic E-state index is 13.7. The number of para-hydroxylation sites is 1. The number of amides is 3. The quantitative estimate of drug-likeness (QED) is 0.197. The molecule has 3 N–H and O–H groups in total. The van der Waals surface area contributed by atoms with Gasteiger partial charge >= 0.3 is 12.1 Å². The Hall–Kier alpha value is -4.08. The van der Waals surface area contributed by atoms with E-state index in [2.05, 4.69) is 5.32 Å². The minimum absolute atomic E-state index is 0.0102. The Bertz CT molecular complexity index is 1260. The van der Waals surface area contributed by atoms with Gasteiger partial charge in [0.25, 0.3) is 5.91 Å². The summed E-state index contributed by atoms with van der Waals surface area (Å²) >= 11 is 0. The van der Waals surface area contributed by atoms with Crippen molar-refractivity contribution >= 4 is 35.3 Å². The molecule has 228 valence electrons. The van der Waals surface area contributed by atoms with Crippen LogP contribution in [0.4, 0.5) is 16.2 Å². The smallest absolute Gasteiger partial charge is 0.407 e. The first-order valence-electron chi connectivity index (χ1n) is 14.7. The van der Waals surface area contributed by atoms with Crippen molar-refractivity contribution in [2.75, 3.05) is 36.9 Å². The molecular weight excluding hydrogens is 536 g/mol. The number of nitrogen functional groups attached to an aromatic ring is 1. The first-order chi connectivity index (χ1) is 20.0. The van der Waals surface area contributed by atoms with Gasteiger partial charge in [0.1, 0.15) is 12.1 Å². The molecule has 0 radical (unpaired) electrons. The normalized spacial score (nSPS) is 13.4. The van der Waals surface area contributed by atoms with Crippen molar-refractivity contribution in [1.82, 2.24) is 10.2 Å². The number of hydrogen-bond acceptors (Lipinski definition) is 7. The van der Waals surface area contributed by atoms with Crippen LogP contribution < -0.4 is 16.0 Å². The Balaban J connectivity index is 1.68. The number of nitrogens with zero attached hydrogens (tertiary/aromatic N) is 2. The second-order valence-corrected chi connectivity index (χ2v) is 11.4. The summed E-state index contributed by atoms with van der Waals surface area (Å²) in [5.74, 6) is -0.950. The molecule has 0 unspecified atom stereocenters. The minimum Gasteiger partial charge on any atom is -0.466 e. The van der Waals surface area contributed by atoms with Gasteiger partial charge in [0.05, 0.1) is 30.8 Å². The van der Waals surface area contributed by atoms with E-state index >= 15 is 0 Å². The SMILES string of the molecule is CCOC(=O)CCN1CC(=O)N(Cc2ccccc2N)c2ccc(CCCCCCNC(=O)OC(C)(C)C)cc2C1=O. The fraction of sp³-hybridized carbons (Fsp3) is 0.500. The van der Waals surface area contributed by atoms with Crippen LogP contribution in [0.3, 0.4) is 0 Å². The Morgan fingerprint density at radius 2 is 1.76 bits per heavy atom. The topological polar surface area (TPSA) is 131 Å². The molecule has 0 aromatic heterocycles. The molecule has 2 aromatic rings. The number of aryl methyl sites for hydroxylation is 1. The second kappa shape index (κ2) is 15.2. The first kappa shape index (κ1) is 32.4. The van der Waals surface area contributed by atoms with Crippen LogP contribution in [0.5, 0.6) is 0 Å². The lowest BCUT2D eigenvalue weighted by Gasteiger charge is -2.23. The fourth-order valence-electron chi connectivity index (χ4n) is 4.74. The summed E-state index contributed by atoms with van der Waals surface area (Å²) in [4.78, 5) is 53.9. The number of carbonyl (C=O) groups excluding carboxylic acids is 4. The van der Waals surface area contributed by atoms with E-state index in [0.29, 0.717) is 23.5 Å². The summed E-state index contributed by atoms with van der Waals surface area (Å²) < 4.78 is 10.3. The largest absolute Gasteiger partial charge is 0.466 e. The van der Waals surface area contributed by atoms with Crippen LogP contribution in [0.15, 0.2) is 42.5 Å². The molecular formula is C32H44N4O6. The summed E-state index contributed by atoms with van der Waals surface area (Å²) in [6, 6.07) is 13.0. The molecule has 0 spiro atoms. The molecule has 0 fully saturated rings. The van der Waals surface area contributed by atoms with Gasteiger partial charge in [0, 0.05) is 18.8 Å². The van der Waals surface area contributed by atoms with Gasteiger partial charge < -0.3 is 30.3 Å². The zero-order valence-corrected chi connectivity index (χ0v) is 25.2. The van der Waals surface area contributed by atoms with E-state index in [9.17, 15) is 19.2 Å². The summed E-state index contributed by atoms with van der Waals surface area (Å²) in [6.45, 7) is 8.20. The Kier molecular flexibility index (Phi) is 11.8. The Morgan fingerprint density at radius 1 is 1.02 bits per heavy atom. The van der Waals surface area contributed by atoms with E-state index in [1.54, 1.807) is 17.9 Å². The van der Waals surface area contributed by atoms with Crippen LogP contribution in [0.2, 0.25) is 0 Å². The molecule has 1 aliphatic heterocycles. The van der Waals surface area contributed by atoms with E-state index in [1.165, 1.54) is 4.90 Å². The lowest BCUT2D eigenvalue weighted by atomic mass is 10.0. The molecule has 2 aromatic carbocycles. The number of esters is 1. The van der Waals surface area contributed by atoms with Gasteiger partial charge in [-0.15, -0.1) is 0 Å². The van der Waals surface area contributed by atoms with E-state index in [-0.39, 0.29) is 44.5 Å². The standard InChI is InChI=1S/C32H44N4O6/c1-5-41-29(38)17-19-35-22-28(37)36(21-24-13-9-10-14-26(24)33)27-16-15-23(20-25(27)30(35)39)12-8-6-7-11-18-34-31(40)42-32(2,3)4/h9-10,13-16,20H,5-8,11-12,17-19,21-22,33H2,1-4H3,(H,34,40). The number of nitrogens with two attached hydrogens (primary N) is 1. The fourth-order valence-corrected chi connectivity index (χ4v) is 4.74. The third kappa shape index (κ3) is 9.78. The van der Waals surface area contributed by atoms with Crippen LogP contribution in [0, 0.1) is 0 Å². The first-order valence-corrected chi connectivity index (χ1v) is 14.7. The minimum atomic E-state index is -0.517. The highest BCUT2D eigenvalue weighted by Crippen LogP contribution is 2.30. The van der Waals surface area contributed by atoms with E-state index in [1.807, 2.05) is 57.2 Å². The predicted octanol–water partition coefficient (Wildman–Crippen LogP) is 4.84. The molecule has 0 saturated carbocycles. The van der Waals surface area contributed by atoms with Crippen LogP contribution >= 0.6 is 0 Å². The molecule has 1 heterocycles. The average molecular weight is 581 g/mol. The molecule has 10 heteroatoms. The van der Waals surface area contributed by atoms with Crippen molar-refractivity contribution in [2.24, 2.45) is 0 Å². The number of anilines is 2. The number of rotatable bonds is 13. The number of carbonyl (C=O) groups is 4. The van der Waals surface area contributed by atoms with E-state index in [4.69, 9.17) is 15.2 Å². The van der Waals surface area contributed by atoms with Gasteiger partial charge in [-0.05, 0) is 76.3 Å². The van der Waals surface area contributed by atoms with Gasteiger partial charge in [-0.3, -0.25) is 14.4 Å². The molecule has 3 rings (SSSR count). The van der Waals surface area contributed by atoms with E-state index < -0.39 is 17.7 Å². The highest BCUT2D eigenvalue weighted by molar-refractivity contribution is 6.09. The van der Waals surface area contributed by atoms with Gasteiger partial charge in [0.15, 0.2) is 0 Å². The zero-order valence-electron chi connectivity index (χ0n) is 25.2. The molecule has 0 atom stereocenters. The maximum Gasteiger partial charge on any atom is 0.407 e. The number of fused-ring (bicyclic) bond motifs is 1. The van der Waals surface area contributed by atoms with Crippen molar-refractivity contribution in [2.45, 2.75) is 78.4 Å². The van der Waals surface area contributed by atoms with Crippen molar-refractivity contribution < 1.29 is 28.7 Å². The highest BCUT2D eigenvalue weighted by Gasteiger charge is 2.32. The molecule has 1 aliphatic rings. The third-order valence-electron chi connectivity index (χ3n) is 6.83. The second-order valence-electron chi connectivity index (χ2n) is 11.4. The molecule has 0 bridgehead atoms. The third-order valence-corrected chi connectivity index (χ3v) is 6.83. The lowest BCUT2D eigenvalue weighted by Crippen LogP contribution is -2.40. The summed E-state index contributed by atoms with van der Waals surface area (Å²) in [6.07, 6.45) is 4.04. The number of benzene rings is 2. The van der Waals surface area contributed by atoms with Crippen molar-refractivity contribution in [1.29, 1.82) is 0 Å². The molecule has 10 nitrogen and oxygen atoms in total. The van der Waals surface area contributed by atoms with Crippen LogP contribution in [-0.4, -0.2) is 60.6 Å². The number of alkyl carbamates (subject to hydrolysis) is 1. The van der Waals surface area contributed by atoms with Crippen molar-refractivity contribution in [3.05, 3.63) is 59.2 Å². The summed E-state index contributed by atoms with van der Waals surface area (Å²) in [7, 11) is 0. The summed E-state index contributed by atoms with van der Waals surface area (Å²) in [5.41, 5.74) is 8.97. The van der Waals surface area contributed by atoms with Gasteiger partial charge in [-0.2, -0.15) is 0 Å². The number of nitrogens with one attached hydrogen (secondary N) is 1. The maximum atomic E-state index is 13.7. The zero-order chi connectivity index (χ0) is 30.7. The Labute approximate surface area is 248 Å². The number of ether oxygens (including phenoxy) is 2.